The standard InChI is InChI=1S/C25H25FN4O2/c1-27-22(7-4-12-31)25(32)28-20-10-11-21-23(15-19(26)14-20)29-30-24(21)18-9-8-16-5-2-3-6-17(16)13-18/h2-3,5-6,8-10,12-14,22,27H,4,7,11,15H2,1H3,(H,28,32)(H,29,30)/b19-14+,20-10?. The molecule has 0 radical (unpaired) electrons. The Hall–Kier alpha value is -3.58. The highest BCUT2D eigenvalue weighted by Crippen LogP contribution is 2.30. The molecule has 1 aliphatic carbocycles. The third-order valence-electron chi connectivity index (χ3n) is 5.67. The maximum atomic E-state index is 14.7. The number of carbonyl (C=O) groups excluding carboxylic acids is 2. The minimum atomic E-state index is -0.527. The zero-order valence-corrected chi connectivity index (χ0v) is 17.8. The van der Waals surface area contributed by atoms with Crippen molar-refractivity contribution in [3.8, 4) is 11.3 Å². The van der Waals surface area contributed by atoms with Gasteiger partial charge in [-0.15, -0.1) is 0 Å². The van der Waals surface area contributed by atoms with Crippen molar-refractivity contribution in [2.45, 2.75) is 31.7 Å². The average Bonchev–Trinajstić information content (AvgIpc) is 3.18. The lowest BCUT2D eigenvalue weighted by Gasteiger charge is -2.16. The fourth-order valence-corrected chi connectivity index (χ4v) is 3.96. The normalized spacial score (nSPS) is 16.2. The van der Waals surface area contributed by atoms with Gasteiger partial charge in [-0.05, 0) is 42.8 Å². The fraction of sp³-hybridized carbons (Fsp3) is 0.240. The van der Waals surface area contributed by atoms with E-state index < -0.39 is 6.04 Å². The molecular formula is C25H25FN4O2. The highest BCUT2D eigenvalue weighted by Gasteiger charge is 2.20. The number of hydrogen-bond acceptors (Lipinski definition) is 4. The van der Waals surface area contributed by atoms with Crippen molar-refractivity contribution in [3.63, 3.8) is 0 Å². The Bertz CT molecular complexity index is 1210. The monoisotopic (exact) mass is 432 g/mol. The molecule has 3 aromatic rings. The molecule has 0 saturated heterocycles. The molecule has 0 spiro atoms. The van der Waals surface area contributed by atoms with Gasteiger partial charge in [-0.1, -0.05) is 42.5 Å². The minimum absolute atomic E-state index is 0.0731. The Kier molecular flexibility index (Phi) is 6.56. The number of rotatable bonds is 7. The highest BCUT2D eigenvalue weighted by atomic mass is 19.1. The van der Waals surface area contributed by atoms with Crippen LogP contribution in [0, 0.1) is 0 Å². The van der Waals surface area contributed by atoms with Gasteiger partial charge in [0.05, 0.1) is 11.7 Å². The van der Waals surface area contributed by atoms with Gasteiger partial charge < -0.3 is 15.4 Å². The summed E-state index contributed by atoms with van der Waals surface area (Å²) in [6, 6.07) is 13.7. The molecule has 1 heterocycles. The van der Waals surface area contributed by atoms with E-state index in [1.807, 2.05) is 30.3 Å². The number of amides is 1. The Balaban J connectivity index is 1.61. The molecule has 0 bridgehead atoms. The Morgan fingerprint density at radius 2 is 2.06 bits per heavy atom. The molecule has 2 aromatic carbocycles. The maximum absolute atomic E-state index is 14.7. The summed E-state index contributed by atoms with van der Waals surface area (Å²) in [5.41, 5.74) is 3.76. The van der Waals surface area contributed by atoms with E-state index in [-0.39, 0.29) is 24.6 Å². The second-order valence-electron chi connectivity index (χ2n) is 7.80. The molecule has 1 aliphatic rings. The fourth-order valence-electron chi connectivity index (χ4n) is 3.96. The first-order valence-corrected chi connectivity index (χ1v) is 10.6. The summed E-state index contributed by atoms with van der Waals surface area (Å²) < 4.78 is 14.7. The number of nitrogens with one attached hydrogen (secondary N) is 3. The third kappa shape index (κ3) is 4.68. The van der Waals surface area contributed by atoms with Crippen LogP contribution in [-0.4, -0.2) is 35.5 Å². The Labute approximate surface area is 185 Å². The van der Waals surface area contributed by atoms with Crippen LogP contribution in [0.5, 0.6) is 0 Å². The van der Waals surface area contributed by atoms with E-state index in [1.54, 1.807) is 13.1 Å². The minimum Gasteiger partial charge on any atom is -0.325 e. The van der Waals surface area contributed by atoms with E-state index in [0.29, 0.717) is 18.5 Å². The van der Waals surface area contributed by atoms with Gasteiger partial charge in [-0.3, -0.25) is 9.89 Å². The summed E-state index contributed by atoms with van der Waals surface area (Å²) in [7, 11) is 1.66. The van der Waals surface area contributed by atoms with E-state index in [0.717, 1.165) is 39.6 Å². The van der Waals surface area contributed by atoms with Crippen LogP contribution in [0.25, 0.3) is 22.0 Å². The van der Waals surface area contributed by atoms with Crippen molar-refractivity contribution in [1.82, 2.24) is 20.8 Å². The number of allylic oxidation sites excluding steroid dienone is 3. The lowest BCUT2D eigenvalue weighted by molar-refractivity contribution is -0.122. The van der Waals surface area contributed by atoms with Crippen LogP contribution < -0.4 is 10.6 Å². The summed E-state index contributed by atoms with van der Waals surface area (Å²) in [5.74, 6) is -0.674. The molecule has 6 nitrogen and oxygen atoms in total. The van der Waals surface area contributed by atoms with Crippen LogP contribution in [0.2, 0.25) is 0 Å². The number of benzene rings is 2. The van der Waals surface area contributed by atoms with Gasteiger partial charge in [-0.2, -0.15) is 5.10 Å². The molecule has 1 unspecified atom stereocenters. The molecule has 0 aliphatic heterocycles. The molecular weight excluding hydrogens is 407 g/mol. The second-order valence-corrected chi connectivity index (χ2v) is 7.80. The topological polar surface area (TPSA) is 86.9 Å². The van der Waals surface area contributed by atoms with Gasteiger partial charge in [0.1, 0.15) is 12.1 Å². The van der Waals surface area contributed by atoms with Gasteiger partial charge in [0.25, 0.3) is 0 Å². The van der Waals surface area contributed by atoms with Gasteiger partial charge in [0.15, 0.2) is 0 Å². The van der Waals surface area contributed by atoms with Crippen molar-refractivity contribution in [1.29, 1.82) is 0 Å². The van der Waals surface area contributed by atoms with E-state index >= 15 is 0 Å². The van der Waals surface area contributed by atoms with E-state index in [2.05, 4.69) is 33.0 Å². The third-order valence-corrected chi connectivity index (χ3v) is 5.67. The molecule has 1 aromatic heterocycles. The predicted octanol–water partition coefficient (Wildman–Crippen LogP) is 3.75. The molecule has 1 atom stereocenters. The first kappa shape index (κ1) is 21.6. The van der Waals surface area contributed by atoms with Crippen molar-refractivity contribution in [2.24, 2.45) is 0 Å². The van der Waals surface area contributed by atoms with Crippen LogP contribution in [0.15, 0.2) is 66.1 Å². The highest BCUT2D eigenvalue weighted by molar-refractivity contribution is 5.87. The number of H-pyrrole nitrogens is 1. The number of aromatic nitrogens is 2. The van der Waals surface area contributed by atoms with Crippen LogP contribution in [0.4, 0.5) is 4.39 Å². The summed E-state index contributed by atoms with van der Waals surface area (Å²) in [5, 5.41) is 15.4. The Morgan fingerprint density at radius 1 is 1.25 bits per heavy atom. The number of halogens is 1. The number of nitrogens with zero attached hydrogens (tertiary/aromatic N) is 1. The summed E-state index contributed by atoms with van der Waals surface area (Å²) in [4.78, 5) is 23.2. The number of carbonyl (C=O) groups is 2. The lowest BCUT2D eigenvalue weighted by Crippen LogP contribution is -2.42. The van der Waals surface area contributed by atoms with E-state index in [9.17, 15) is 14.0 Å². The Morgan fingerprint density at radius 3 is 2.84 bits per heavy atom. The number of fused-ring (bicyclic) bond motifs is 2. The predicted molar refractivity (Wildman–Crippen MR) is 123 cm³/mol. The molecule has 4 rings (SSSR count). The number of aldehydes is 1. The molecule has 0 saturated carbocycles. The van der Waals surface area contributed by atoms with Gasteiger partial charge in [0.2, 0.25) is 5.91 Å². The van der Waals surface area contributed by atoms with Gasteiger partial charge in [-0.25, -0.2) is 4.39 Å². The van der Waals surface area contributed by atoms with E-state index in [1.165, 1.54) is 6.08 Å². The number of likely N-dealkylation sites (N-methyl/N-ethyl adjacent to an activating group) is 1. The quantitative estimate of drug-likeness (QED) is 0.497. The SMILES string of the molecule is CNC(CCC=O)C(=O)NC1=CCc2c(-c3ccc4ccccc4c3)n[nH]c2C/C(F)=C\1. The van der Waals surface area contributed by atoms with E-state index in [4.69, 9.17) is 0 Å². The second kappa shape index (κ2) is 9.70. The largest absolute Gasteiger partial charge is 0.325 e. The summed E-state index contributed by atoms with van der Waals surface area (Å²) in [6.07, 6.45) is 5.13. The van der Waals surface area contributed by atoms with Crippen molar-refractivity contribution >= 4 is 23.0 Å². The zero-order chi connectivity index (χ0) is 22.5. The molecule has 3 N–H and O–H groups in total. The zero-order valence-electron chi connectivity index (χ0n) is 17.8. The molecule has 7 heteroatoms. The first-order chi connectivity index (χ1) is 15.6. The van der Waals surface area contributed by atoms with Crippen LogP contribution in [-0.2, 0) is 22.4 Å². The smallest absolute Gasteiger partial charge is 0.241 e. The van der Waals surface area contributed by atoms with Crippen molar-refractivity contribution < 1.29 is 14.0 Å². The van der Waals surface area contributed by atoms with Gasteiger partial charge in [0, 0.05) is 35.4 Å². The van der Waals surface area contributed by atoms with Crippen molar-refractivity contribution in [2.75, 3.05) is 7.05 Å². The molecule has 0 fully saturated rings. The summed E-state index contributed by atoms with van der Waals surface area (Å²) in [6.45, 7) is 0. The molecule has 1 amide bonds. The van der Waals surface area contributed by atoms with Crippen LogP contribution in [0.3, 0.4) is 0 Å². The maximum Gasteiger partial charge on any atom is 0.241 e. The van der Waals surface area contributed by atoms with Gasteiger partial charge >= 0.3 is 0 Å². The van der Waals surface area contributed by atoms with Crippen LogP contribution in [0.1, 0.15) is 24.1 Å². The molecule has 164 valence electrons. The number of aromatic amines is 1. The van der Waals surface area contributed by atoms with Crippen molar-refractivity contribution in [3.05, 3.63) is 77.4 Å². The molecule has 32 heavy (non-hydrogen) atoms. The van der Waals surface area contributed by atoms with Crippen LogP contribution >= 0.6 is 0 Å². The average molecular weight is 432 g/mol. The lowest BCUT2D eigenvalue weighted by atomic mass is 9.97. The number of hydrogen-bond donors (Lipinski definition) is 3. The summed E-state index contributed by atoms with van der Waals surface area (Å²) >= 11 is 0. The first-order valence-electron chi connectivity index (χ1n) is 10.6.